The predicted molar refractivity (Wildman–Crippen MR) is 84.0 cm³/mol. The van der Waals surface area contributed by atoms with Gasteiger partial charge in [0.15, 0.2) is 0 Å². The molecule has 2 heterocycles. The van der Waals surface area contributed by atoms with Gasteiger partial charge in [-0.2, -0.15) is 0 Å². The third-order valence-electron chi connectivity index (χ3n) is 3.93. The minimum atomic E-state index is 0. The van der Waals surface area contributed by atoms with Gasteiger partial charge in [0.25, 0.3) is 0 Å². The molecule has 2 nitrogen and oxygen atoms in total. The fourth-order valence-corrected chi connectivity index (χ4v) is 2.92. The molecule has 0 aromatic heterocycles. The molecule has 3 rings (SSSR count). The molecule has 0 amide bonds. The average molecular weight is 304 g/mol. The fraction of sp³-hybridized carbons (Fsp3) is 0.600. The monoisotopic (exact) mass is 303 g/mol. The summed E-state index contributed by atoms with van der Waals surface area (Å²) in [6.07, 6.45) is 6.87. The highest BCUT2D eigenvalue weighted by atomic mass is 35.5. The number of benzene rings is 1. The summed E-state index contributed by atoms with van der Waals surface area (Å²) in [6.45, 7) is 3.79. The van der Waals surface area contributed by atoms with Crippen LogP contribution in [0.3, 0.4) is 0 Å². The van der Waals surface area contributed by atoms with Crippen molar-refractivity contribution in [3.8, 4) is 5.75 Å². The Bertz CT molecular complexity index is 355. The molecular weight excluding hydrogens is 281 g/mol. The minimum absolute atomic E-state index is 0. The smallest absolute Gasteiger partial charge is 0.123 e. The van der Waals surface area contributed by atoms with Crippen molar-refractivity contribution in [3.63, 3.8) is 0 Å². The standard InChI is InChI=1S/C15H21NO.2ClH/c1-4-9-16(10-5-1)11-8-14-12-13-6-2-3-7-15(13)17-14;;/h2-3,6-7,14H,1,4-5,8-12H2;2*1H. The summed E-state index contributed by atoms with van der Waals surface area (Å²) in [4.78, 5) is 2.59. The average Bonchev–Trinajstić information content (AvgIpc) is 2.80. The molecule has 0 bridgehead atoms. The maximum Gasteiger partial charge on any atom is 0.123 e. The van der Waals surface area contributed by atoms with Gasteiger partial charge in [-0.1, -0.05) is 24.6 Å². The van der Waals surface area contributed by atoms with Crippen molar-refractivity contribution in [3.05, 3.63) is 29.8 Å². The molecule has 1 atom stereocenters. The van der Waals surface area contributed by atoms with Crippen LogP contribution < -0.4 is 4.74 Å². The first-order chi connectivity index (χ1) is 8.42. The molecule has 1 aromatic rings. The number of likely N-dealkylation sites (tertiary alicyclic amines) is 1. The van der Waals surface area contributed by atoms with E-state index < -0.39 is 0 Å². The Labute approximate surface area is 128 Å². The zero-order valence-corrected chi connectivity index (χ0v) is 12.8. The van der Waals surface area contributed by atoms with Crippen molar-refractivity contribution in [2.45, 2.75) is 38.2 Å². The SMILES string of the molecule is Cl.Cl.c1ccc2c(c1)CC(CCN1CCCCC1)O2. The minimum Gasteiger partial charge on any atom is -0.490 e. The van der Waals surface area contributed by atoms with Crippen molar-refractivity contribution in [1.82, 2.24) is 4.90 Å². The molecule has 1 aromatic carbocycles. The summed E-state index contributed by atoms with van der Waals surface area (Å²) >= 11 is 0. The van der Waals surface area contributed by atoms with E-state index in [0.717, 1.165) is 12.2 Å². The zero-order valence-electron chi connectivity index (χ0n) is 11.2. The first-order valence-electron chi connectivity index (χ1n) is 6.89. The van der Waals surface area contributed by atoms with Gasteiger partial charge in [-0.05, 0) is 44.0 Å². The van der Waals surface area contributed by atoms with Gasteiger partial charge in [0.1, 0.15) is 11.9 Å². The Morgan fingerprint density at radius 3 is 2.53 bits per heavy atom. The van der Waals surface area contributed by atoms with Crippen LogP contribution in [0.1, 0.15) is 31.2 Å². The number of rotatable bonds is 3. The third-order valence-corrected chi connectivity index (χ3v) is 3.93. The molecule has 1 fully saturated rings. The molecule has 1 unspecified atom stereocenters. The van der Waals surface area contributed by atoms with Gasteiger partial charge in [0, 0.05) is 13.0 Å². The summed E-state index contributed by atoms with van der Waals surface area (Å²) in [6, 6.07) is 8.45. The summed E-state index contributed by atoms with van der Waals surface area (Å²) in [5.74, 6) is 1.11. The van der Waals surface area contributed by atoms with Gasteiger partial charge < -0.3 is 9.64 Å². The number of ether oxygens (including phenoxy) is 1. The van der Waals surface area contributed by atoms with Crippen LogP contribution in [0.4, 0.5) is 0 Å². The van der Waals surface area contributed by atoms with Crippen LogP contribution in [-0.4, -0.2) is 30.6 Å². The largest absolute Gasteiger partial charge is 0.490 e. The van der Waals surface area contributed by atoms with E-state index in [2.05, 4.69) is 29.2 Å². The molecule has 2 aliphatic heterocycles. The molecule has 0 spiro atoms. The summed E-state index contributed by atoms with van der Waals surface area (Å²) in [7, 11) is 0. The Morgan fingerprint density at radius 2 is 1.79 bits per heavy atom. The highest BCUT2D eigenvalue weighted by molar-refractivity contribution is 5.85. The Morgan fingerprint density at radius 1 is 1.05 bits per heavy atom. The van der Waals surface area contributed by atoms with Crippen LogP contribution in [-0.2, 0) is 6.42 Å². The molecule has 0 aliphatic carbocycles. The Balaban J connectivity index is 0.000000902. The number of hydrogen-bond acceptors (Lipinski definition) is 2. The fourth-order valence-electron chi connectivity index (χ4n) is 2.92. The molecular formula is C15H23Cl2NO. The van der Waals surface area contributed by atoms with E-state index in [1.54, 1.807) is 0 Å². The quantitative estimate of drug-likeness (QED) is 0.844. The van der Waals surface area contributed by atoms with E-state index in [1.165, 1.54) is 50.9 Å². The van der Waals surface area contributed by atoms with E-state index in [1.807, 2.05) is 0 Å². The molecule has 19 heavy (non-hydrogen) atoms. The van der Waals surface area contributed by atoms with Crippen LogP contribution in [0, 0.1) is 0 Å². The first kappa shape index (κ1) is 16.6. The summed E-state index contributed by atoms with van der Waals surface area (Å²) in [5, 5.41) is 0. The lowest BCUT2D eigenvalue weighted by molar-refractivity contribution is 0.167. The van der Waals surface area contributed by atoms with Crippen molar-refractivity contribution in [2.24, 2.45) is 0 Å². The molecule has 2 aliphatic rings. The lowest BCUT2D eigenvalue weighted by Crippen LogP contribution is -2.33. The van der Waals surface area contributed by atoms with Crippen molar-refractivity contribution in [1.29, 1.82) is 0 Å². The molecule has 1 saturated heterocycles. The van der Waals surface area contributed by atoms with Crippen LogP contribution >= 0.6 is 24.8 Å². The number of halogens is 2. The van der Waals surface area contributed by atoms with Crippen molar-refractivity contribution in [2.75, 3.05) is 19.6 Å². The van der Waals surface area contributed by atoms with Gasteiger partial charge in [0.05, 0.1) is 0 Å². The number of nitrogens with zero attached hydrogens (tertiary/aromatic N) is 1. The van der Waals surface area contributed by atoms with Gasteiger partial charge in [-0.25, -0.2) is 0 Å². The highest BCUT2D eigenvalue weighted by Gasteiger charge is 2.22. The third kappa shape index (κ3) is 4.27. The first-order valence-corrected chi connectivity index (χ1v) is 6.89. The van der Waals surface area contributed by atoms with Crippen LogP contribution in [0.15, 0.2) is 24.3 Å². The number of para-hydroxylation sites is 1. The van der Waals surface area contributed by atoms with Crippen molar-refractivity contribution < 1.29 is 4.74 Å². The van der Waals surface area contributed by atoms with Gasteiger partial charge in [0.2, 0.25) is 0 Å². The van der Waals surface area contributed by atoms with Crippen molar-refractivity contribution >= 4 is 24.8 Å². The second-order valence-corrected chi connectivity index (χ2v) is 5.24. The molecule has 108 valence electrons. The zero-order chi connectivity index (χ0) is 11.5. The molecule has 0 N–H and O–H groups in total. The van der Waals surface area contributed by atoms with Crippen LogP contribution in [0.5, 0.6) is 5.75 Å². The molecule has 4 heteroatoms. The van der Waals surface area contributed by atoms with E-state index in [4.69, 9.17) is 4.74 Å². The van der Waals surface area contributed by atoms with E-state index in [-0.39, 0.29) is 24.8 Å². The highest BCUT2D eigenvalue weighted by Crippen LogP contribution is 2.29. The van der Waals surface area contributed by atoms with Gasteiger partial charge in [-0.15, -0.1) is 24.8 Å². The predicted octanol–water partition coefficient (Wildman–Crippen LogP) is 3.71. The van der Waals surface area contributed by atoms with E-state index >= 15 is 0 Å². The molecule has 0 radical (unpaired) electrons. The number of piperidine rings is 1. The van der Waals surface area contributed by atoms with Crippen LogP contribution in [0.25, 0.3) is 0 Å². The van der Waals surface area contributed by atoms with E-state index in [0.29, 0.717) is 6.10 Å². The molecule has 0 saturated carbocycles. The van der Waals surface area contributed by atoms with E-state index in [9.17, 15) is 0 Å². The second kappa shape index (κ2) is 7.98. The maximum absolute atomic E-state index is 5.97. The number of fused-ring (bicyclic) bond motifs is 1. The Hall–Kier alpha value is -0.440. The lowest BCUT2D eigenvalue weighted by atomic mass is 10.1. The normalized spacial score (nSPS) is 21.8. The van der Waals surface area contributed by atoms with Gasteiger partial charge >= 0.3 is 0 Å². The maximum atomic E-state index is 5.97. The lowest BCUT2D eigenvalue weighted by Gasteiger charge is -2.27. The second-order valence-electron chi connectivity index (χ2n) is 5.24. The Kier molecular flexibility index (Phi) is 6.98. The summed E-state index contributed by atoms with van der Waals surface area (Å²) < 4.78 is 5.97. The number of hydrogen-bond donors (Lipinski definition) is 0. The van der Waals surface area contributed by atoms with Crippen LogP contribution in [0.2, 0.25) is 0 Å². The topological polar surface area (TPSA) is 12.5 Å². The summed E-state index contributed by atoms with van der Waals surface area (Å²) in [5.41, 5.74) is 1.39. The van der Waals surface area contributed by atoms with Gasteiger partial charge in [-0.3, -0.25) is 0 Å².